The monoisotopic (exact) mass is 346 g/mol. The normalized spacial score (nSPS) is 22.1. The summed E-state index contributed by atoms with van der Waals surface area (Å²) in [5.74, 6) is 0.160. The molecule has 0 unspecified atom stereocenters. The van der Waals surface area contributed by atoms with Gasteiger partial charge in [-0.05, 0) is 29.8 Å². The molecular weight excluding hydrogens is 331 g/mol. The summed E-state index contributed by atoms with van der Waals surface area (Å²) in [7, 11) is -3.64. The van der Waals surface area contributed by atoms with Crippen LogP contribution in [0.2, 0.25) is 0 Å². The fourth-order valence-electron chi connectivity index (χ4n) is 3.04. The Labute approximate surface area is 139 Å². The average molecular weight is 346 g/mol. The molecule has 0 spiro atoms. The van der Waals surface area contributed by atoms with Crippen LogP contribution in [0.4, 0.5) is 4.39 Å². The van der Waals surface area contributed by atoms with Crippen molar-refractivity contribution in [2.45, 2.75) is 11.0 Å². The van der Waals surface area contributed by atoms with Crippen molar-refractivity contribution in [2.24, 2.45) is 4.40 Å². The van der Waals surface area contributed by atoms with E-state index in [9.17, 15) is 12.8 Å². The number of rotatable bonds is 1. The zero-order valence-corrected chi connectivity index (χ0v) is 13.5. The molecule has 0 bridgehead atoms. The summed E-state index contributed by atoms with van der Waals surface area (Å²) in [5, 5.41) is 0. The number of sulfonamides is 1. The molecule has 0 amide bonds. The highest BCUT2D eigenvalue weighted by Crippen LogP contribution is 2.30. The first-order valence-electron chi connectivity index (χ1n) is 7.61. The van der Waals surface area contributed by atoms with E-state index >= 15 is 0 Å². The molecule has 24 heavy (non-hydrogen) atoms. The molecule has 5 nitrogen and oxygen atoms in total. The summed E-state index contributed by atoms with van der Waals surface area (Å²) >= 11 is 0. The van der Waals surface area contributed by atoms with E-state index in [1.165, 1.54) is 12.1 Å². The smallest absolute Gasteiger partial charge is 0.285 e. The third kappa shape index (κ3) is 2.59. The minimum absolute atomic E-state index is 0.241. The Kier molecular flexibility index (Phi) is 3.62. The Balaban J connectivity index is 1.65. The van der Waals surface area contributed by atoms with Crippen molar-refractivity contribution in [1.82, 2.24) is 4.90 Å². The van der Waals surface area contributed by atoms with E-state index in [1.54, 1.807) is 36.4 Å². The van der Waals surface area contributed by atoms with Gasteiger partial charge in [0.25, 0.3) is 10.0 Å². The fourth-order valence-corrected chi connectivity index (χ4v) is 4.26. The van der Waals surface area contributed by atoms with Crippen LogP contribution >= 0.6 is 0 Å². The maximum absolute atomic E-state index is 13.1. The summed E-state index contributed by atoms with van der Waals surface area (Å²) in [4.78, 5) is 2.16. The van der Waals surface area contributed by atoms with Crippen molar-refractivity contribution in [3.63, 3.8) is 0 Å². The van der Waals surface area contributed by atoms with Crippen molar-refractivity contribution >= 4 is 15.9 Å². The molecule has 1 atom stereocenters. The van der Waals surface area contributed by atoms with E-state index in [1.807, 2.05) is 4.90 Å². The first-order valence-corrected chi connectivity index (χ1v) is 9.05. The van der Waals surface area contributed by atoms with Gasteiger partial charge in [-0.1, -0.05) is 24.3 Å². The largest absolute Gasteiger partial charge is 0.370 e. The zero-order chi connectivity index (χ0) is 16.7. The Bertz CT molecular complexity index is 910. The molecule has 0 saturated carbocycles. The second-order valence-corrected chi connectivity index (χ2v) is 7.32. The minimum Gasteiger partial charge on any atom is -0.370 e. The molecular formula is C17H15FN2O3S. The number of benzene rings is 2. The fraction of sp³-hybridized carbons (Fsp3) is 0.235. The lowest BCUT2D eigenvalue weighted by molar-refractivity contribution is -0.00665. The van der Waals surface area contributed by atoms with Crippen molar-refractivity contribution in [1.29, 1.82) is 0 Å². The van der Waals surface area contributed by atoms with E-state index in [2.05, 4.69) is 4.40 Å². The first kappa shape index (κ1) is 15.3. The molecule has 1 fully saturated rings. The Morgan fingerprint density at radius 3 is 2.67 bits per heavy atom. The molecule has 124 valence electrons. The van der Waals surface area contributed by atoms with Gasteiger partial charge in [0.1, 0.15) is 16.8 Å². The highest BCUT2D eigenvalue weighted by molar-refractivity contribution is 7.90. The second-order valence-electron chi connectivity index (χ2n) is 5.74. The predicted octanol–water partition coefficient (Wildman–Crippen LogP) is 2.35. The lowest BCUT2D eigenvalue weighted by Crippen LogP contribution is -2.42. The van der Waals surface area contributed by atoms with Crippen LogP contribution in [0.3, 0.4) is 0 Å². The van der Waals surface area contributed by atoms with Crippen molar-refractivity contribution in [3.05, 3.63) is 65.5 Å². The van der Waals surface area contributed by atoms with Crippen molar-refractivity contribution in [3.8, 4) is 0 Å². The second kappa shape index (κ2) is 5.68. The van der Waals surface area contributed by atoms with Gasteiger partial charge in [-0.25, -0.2) is 4.39 Å². The maximum atomic E-state index is 13.1. The van der Waals surface area contributed by atoms with E-state index in [0.717, 1.165) is 5.56 Å². The van der Waals surface area contributed by atoms with Gasteiger partial charge in [-0.15, -0.1) is 4.40 Å². The van der Waals surface area contributed by atoms with Gasteiger partial charge in [0, 0.05) is 18.7 Å². The topological polar surface area (TPSA) is 59.0 Å². The number of fused-ring (bicyclic) bond motifs is 1. The summed E-state index contributed by atoms with van der Waals surface area (Å²) < 4.78 is 47.2. The number of hydrogen-bond acceptors (Lipinski definition) is 4. The summed E-state index contributed by atoms with van der Waals surface area (Å²) in [6.45, 7) is 1.47. The highest BCUT2D eigenvalue weighted by atomic mass is 32.2. The van der Waals surface area contributed by atoms with E-state index < -0.39 is 10.0 Å². The molecule has 7 heteroatoms. The molecule has 2 heterocycles. The number of hydrogen-bond donors (Lipinski definition) is 0. The van der Waals surface area contributed by atoms with E-state index in [0.29, 0.717) is 31.1 Å². The van der Waals surface area contributed by atoms with Crippen LogP contribution in [0.1, 0.15) is 17.2 Å². The lowest BCUT2D eigenvalue weighted by atomic mass is 10.1. The first-order chi connectivity index (χ1) is 11.5. The van der Waals surface area contributed by atoms with Gasteiger partial charge in [0.05, 0.1) is 6.61 Å². The summed E-state index contributed by atoms with van der Waals surface area (Å²) in [6, 6.07) is 13.0. The van der Waals surface area contributed by atoms with E-state index in [-0.39, 0.29) is 16.8 Å². The number of nitrogens with zero attached hydrogens (tertiary/aromatic N) is 2. The maximum Gasteiger partial charge on any atom is 0.285 e. The molecule has 1 saturated heterocycles. The highest BCUT2D eigenvalue weighted by Gasteiger charge is 2.34. The standard InChI is InChI=1S/C17H15FN2O3S/c18-13-7-5-12(6-8-13)15-11-20(9-10-23-15)17-14-3-1-2-4-16(14)24(21,22)19-17/h1-8,15H,9-11H2/t15-/m1/s1. The summed E-state index contributed by atoms with van der Waals surface area (Å²) in [6.07, 6.45) is -0.252. The van der Waals surface area contributed by atoms with Crippen LogP contribution < -0.4 is 0 Å². The Morgan fingerprint density at radius 2 is 1.88 bits per heavy atom. The summed E-state index contributed by atoms with van der Waals surface area (Å²) in [5.41, 5.74) is 1.48. The van der Waals surface area contributed by atoms with Gasteiger partial charge < -0.3 is 9.64 Å². The van der Waals surface area contributed by atoms with Crippen LogP contribution in [0.5, 0.6) is 0 Å². The number of morpholine rings is 1. The van der Waals surface area contributed by atoms with Gasteiger partial charge in [-0.3, -0.25) is 0 Å². The molecule has 0 radical (unpaired) electrons. The predicted molar refractivity (Wildman–Crippen MR) is 86.8 cm³/mol. The third-order valence-corrected chi connectivity index (χ3v) is 5.55. The van der Waals surface area contributed by atoms with Crippen LogP contribution in [0, 0.1) is 5.82 Å². The van der Waals surface area contributed by atoms with Gasteiger partial charge in [0.15, 0.2) is 5.84 Å². The minimum atomic E-state index is -3.64. The SMILES string of the molecule is O=S1(=O)N=C(N2CCO[C@@H](c3ccc(F)cc3)C2)c2ccccc21. The number of halogens is 1. The van der Waals surface area contributed by atoms with E-state index in [4.69, 9.17) is 4.74 Å². The molecule has 0 aliphatic carbocycles. The van der Waals surface area contributed by atoms with Crippen LogP contribution in [-0.4, -0.2) is 38.8 Å². The molecule has 2 aliphatic heterocycles. The molecule has 2 aromatic rings. The molecule has 4 rings (SSSR count). The molecule has 0 N–H and O–H groups in total. The third-order valence-electron chi connectivity index (χ3n) is 4.22. The Hall–Kier alpha value is -2.25. The van der Waals surface area contributed by atoms with Gasteiger partial charge in [0.2, 0.25) is 0 Å². The number of ether oxygens (including phenoxy) is 1. The van der Waals surface area contributed by atoms with Gasteiger partial charge in [-0.2, -0.15) is 8.42 Å². The quantitative estimate of drug-likeness (QED) is 0.795. The van der Waals surface area contributed by atoms with Crippen LogP contribution in [-0.2, 0) is 14.8 Å². The molecule has 2 aromatic carbocycles. The Morgan fingerprint density at radius 1 is 1.12 bits per heavy atom. The van der Waals surface area contributed by atoms with Crippen LogP contribution in [0.15, 0.2) is 57.8 Å². The lowest BCUT2D eigenvalue weighted by Gasteiger charge is -2.34. The molecule has 0 aromatic heterocycles. The average Bonchev–Trinajstić information content (AvgIpc) is 2.88. The molecule has 2 aliphatic rings. The van der Waals surface area contributed by atoms with Crippen molar-refractivity contribution < 1.29 is 17.5 Å². The number of amidine groups is 1. The van der Waals surface area contributed by atoms with Crippen molar-refractivity contribution in [2.75, 3.05) is 19.7 Å². The zero-order valence-electron chi connectivity index (χ0n) is 12.7. The van der Waals surface area contributed by atoms with Gasteiger partial charge >= 0.3 is 0 Å². The van der Waals surface area contributed by atoms with Crippen LogP contribution in [0.25, 0.3) is 0 Å².